The Bertz CT molecular complexity index is 1300. The van der Waals surface area contributed by atoms with Crippen molar-refractivity contribution in [2.75, 3.05) is 0 Å². The standard InChI is InChI=1S/C30H29BO2/c1-4-5-6-7-8-13-18-31-32-29-21(2)19-23-14-9-11-16-25(23)27(29)28-26-17-12-10-15-24(26)20-22(3)30(28)33-31/h9-12,14-17,19-20H,4-8H2,1-3H3. The van der Waals surface area contributed by atoms with Gasteiger partial charge in [-0.15, -0.1) is 5.92 Å². The fraction of sp³-hybridized carbons (Fsp3) is 0.267. The second-order valence-corrected chi connectivity index (χ2v) is 8.94. The molecule has 3 heteroatoms. The molecule has 0 fully saturated rings. The van der Waals surface area contributed by atoms with E-state index in [1.54, 1.807) is 0 Å². The van der Waals surface area contributed by atoms with E-state index in [0.29, 0.717) is 0 Å². The van der Waals surface area contributed by atoms with E-state index in [0.717, 1.165) is 46.6 Å². The highest BCUT2D eigenvalue weighted by molar-refractivity contribution is 6.56. The number of rotatable bonds is 4. The predicted octanol–water partition coefficient (Wildman–Crippen LogP) is 8.05. The average molecular weight is 432 g/mol. The van der Waals surface area contributed by atoms with Gasteiger partial charge in [0.05, 0.1) is 0 Å². The van der Waals surface area contributed by atoms with Crippen molar-refractivity contribution in [2.45, 2.75) is 52.9 Å². The van der Waals surface area contributed by atoms with E-state index < -0.39 is 7.12 Å². The van der Waals surface area contributed by atoms with Gasteiger partial charge in [-0.05, 0) is 65.1 Å². The molecule has 0 aliphatic carbocycles. The first-order chi connectivity index (χ1) is 16.2. The summed E-state index contributed by atoms with van der Waals surface area (Å²) in [5.41, 5.74) is 4.40. The zero-order valence-electron chi connectivity index (χ0n) is 19.7. The third-order valence-corrected chi connectivity index (χ3v) is 6.45. The van der Waals surface area contributed by atoms with Gasteiger partial charge in [0, 0.05) is 17.5 Å². The summed E-state index contributed by atoms with van der Waals surface area (Å²) in [6.07, 6.45) is 5.71. The van der Waals surface area contributed by atoms with E-state index in [-0.39, 0.29) is 0 Å². The molecular weight excluding hydrogens is 403 g/mol. The van der Waals surface area contributed by atoms with Crippen molar-refractivity contribution in [1.29, 1.82) is 0 Å². The number of unbranched alkanes of at least 4 members (excludes halogenated alkanes) is 4. The Kier molecular flexibility index (Phi) is 6.01. The topological polar surface area (TPSA) is 18.5 Å². The molecule has 0 radical (unpaired) electrons. The fourth-order valence-corrected chi connectivity index (χ4v) is 4.83. The summed E-state index contributed by atoms with van der Waals surface area (Å²) >= 11 is 0. The van der Waals surface area contributed by atoms with Crippen molar-refractivity contribution in [3.05, 3.63) is 71.8 Å². The van der Waals surface area contributed by atoms with Gasteiger partial charge < -0.3 is 9.31 Å². The van der Waals surface area contributed by atoms with Gasteiger partial charge in [-0.3, -0.25) is 0 Å². The number of hydrogen-bond donors (Lipinski definition) is 0. The molecule has 4 aromatic rings. The second kappa shape index (κ2) is 9.24. The third-order valence-electron chi connectivity index (χ3n) is 6.45. The van der Waals surface area contributed by atoms with E-state index in [9.17, 15) is 0 Å². The Morgan fingerprint density at radius 2 is 1.27 bits per heavy atom. The molecule has 33 heavy (non-hydrogen) atoms. The van der Waals surface area contributed by atoms with Crippen LogP contribution in [0.5, 0.6) is 11.5 Å². The number of benzene rings is 4. The van der Waals surface area contributed by atoms with Crippen molar-refractivity contribution < 1.29 is 9.31 Å². The maximum atomic E-state index is 6.51. The Balaban J connectivity index is 1.71. The molecule has 1 aliphatic rings. The first-order valence-electron chi connectivity index (χ1n) is 12.0. The van der Waals surface area contributed by atoms with Crippen LogP contribution < -0.4 is 9.31 Å². The number of hydrogen-bond acceptors (Lipinski definition) is 2. The summed E-state index contributed by atoms with van der Waals surface area (Å²) in [7, 11) is -0.629. The Morgan fingerprint density at radius 3 is 1.82 bits per heavy atom. The Hall–Kier alpha value is -3.38. The zero-order chi connectivity index (χ0) is 22.8. The summed E-state index contributed by atoms with van der Waals surface area (Å²) in [5.74, 6) is 8.33. The van der Waals surface area contributed by atoms with Gasteiger partial charge in [-0.1, -0.05) is 80.5 Å². The minimum Gasteiger partial charge on any atom is -0.515 e. The molecule has 1 aliphatic heterocycles. The molecule has 5 rings (SSSR count). The van der Waals surface area contributed by atoms with E-state index in [4.69, 9.17) is 9.31 Å². The van der Waals surface area contributed by atoms with Crippen LogP contribution in [0.1, 0.15) is 50.2 Å². The van der Waals surface area contributed by atoms with Gasteiger partial charge in [0.2, 0.25) is 0 Å². The minimum atomic E-state index is -0.629. The van der Waals surface area contributed by atoms with Gasteiger partial charge in [0.15, 0.2) is 0 Å². The third kappa shape index (κ3) is 4.07. The van der Waals surface area contributed by atoms with E-state index in [1.807, 2.05) is 0 Å². The van der Waals surface area contributed by atoms with Gasteiger partial charge in [0.25, 0.3) is 0 Å². The summed E-state index contributed by atoms with van der Waals surface area (Å²) < 4.78 is 13.0. The summed E-state index contributed by atoms with van der Waals surface area (Å²) in [5, 5.41) is 4.75. The molecule has 0 atom stereocenters. The summed E-state index contributed by atoms with van der Waals surface area (Å²) in [4.78, 5) is 0. The molecule has 164 valence electrons. The molecule has 0 aromatic heterocycles. The highest BCUT2D eigenvalue weighted by Crippen LogP contribution is 2.49. The van der Waals surface area contributed by atoms with E-state index in [2.05, 4.69) is 93.2 Å². The van der Waals surface area contributed by atoms with Crippen molar-refractivity contribution in [3.63, 3.8) is 0 Å². The molecule has 0 N–H and O–H groups in total. The summed E-state index contributed by atoms with van der Waals surface area (Å²) in [6, 6.07) is 21.5. The van der Waals surface area contributed by atoms with E-state index >= 15 is 0 Å². The van der Waals surface area contributed by atoms with Crippen molar-refractivity contribution in [3.8, 4) is 34.4 Å². The lowest BCUT2D eigenvalue weighted by atomic mass is 9.89. The van der Waals surface area contributed by atoms with Crippen LogP contribution in [0.25, 0.3) is 32.7 Å². The van der Waals surface area contributed by atoms with Gasteiger partial charge in [-0.25, -0.2) is 0 Å². The number of aryl methyl sites for hydroxylation is 2. The predicted molar refractivity (Wildman–Crippen MR) is 140 cm³/mol. The molecule has 0 amide bonds. The lowest BCUT2D eigenvalue weighted by Gasteiger charge is -2.17. The lowest BCUT2D eigenvalue weighted by Crippen LogP contribution is -2.28. The van der Waals surface area contributed by atoms with Crippen LogP contribution >= 0.6 is 0 Å². The summed E-state index contributed by atoms with van der Waals surface area (Å²) in [6.45, 7) is 6.46. The molecular formula is C30H29BO2. The van der Waals surface area contributed by atoms with Crippen LogP contribution in [0.15, 0.2) is 60.7 Å². The maximum Gasteiger partial charge on any atom is 0.690 e. The van der Waals surface area contributed by atoms with Gasteiger partial charge in [0.1, 0.15) is 11.5 Å². The smallest absolute Gasteiger partial charge is 0.515 e. The van der Waals surface area contributed by atoms with Crippen LogP contribution in [0.2, 0.25) is 0 Å². The Morgan fingerprint density at radius 1 is 0.727 bits per heavy atom. The highest BCUT2D eigenvalue weighted by atomic mass is 16.6. The zero-order valence-corrected chi connectivity index (χ0v) is 19.7. The quantitative estimate of drug-likeness (QED) is 0.185. The van der Waals surface area contributed by atoms with Crippen molar-refractivity contribution in [1.82, 2.24) is 0 Å². The largest absolute Gasteiger partial charge is 0.690 e. The van der Waals surface area contributed by atoms with Crippen LogP contribution in [-0.2, 0) is 0 Å². The molecule has 0 bridgehead atoms. The normalized spacial score (nSPS) is 12.3. The Labute approximate surface area is 197 Å². The molecule has 4 aromatic carbocycles. The SMILES string of the molecule is CCCCCCC#CB1Oc2c(C)cc3ccccc3c2-c2c(c(C)cc3ccccc23)O1. The molecule has 0 saturated heterocycles. The molecule has 2 nitrogen and oxygen atoms in total. The fourth-order valence-electron chi connectivity index (χ4n) is 4.83. The van der Waals surface area contributed by atoms with E-state index in [1.165, 1.54) is 40.8 Å². The van der Waals surface area contributed by atoms with Crippen LogP contribution in [0.3, 0.4) is 0 Å². The first kappa shape index (κ1) is 21.5. The van der Waals surface area contributed by atoms with Crippen LogP contribution in [0, 0.1) is 25.6 Å². The van der Waals surface area contributed by atoms with Crippen LogP contribution in [0.4, 0.5) is 0 Å². The molecule has 0 saturated carbocycles. The maximum absolute atomic E-state index is 6.51. The molecule has 0 spiro atoms. The molecule has 1 heterocycles. The number of fused-ring (bicyclic) bond motifs is 7. The average Bonchev–Trinajstić information content (AvgIpc) is 3.00. The van der Waals surface area contributed by atoms with Crippen LogP contribution in [-0.4, -0.2) is 7.12 Å². The molecule has 0 unspecified atom stereocenters. The van der Waals surface area contributed by atoms with Gasteiger partial charge >= 0.3 is 7.12 Å². The second-order valence-electron chi connectivity index (χ2n) is 8.94. The monoisotopic (exact) mass is 432 g/mol. The lowest BCUT2D eigenvalue weighted by molar-refractivity contribution is 0.446. The minimum absolute atomic E-state index is 0.629. The van der Waals surface area contributed by atoms with Gasteiger partial charge in [-0.2, -0.15) is 0 Å². The highest BCUT2D eigenvalue weighted by Gasteiger charge is 2.32. The first-order valence-corrected chi connectivity index (χ1v) is 12.0. The van der Waals surface area contributed by atoms with Crippen molar-refractivity contribution >= 4 is 28.7 Å². The van der Waals surface area contributed by atoms with Crippen molar-refractivity contribution in [2.24, 2.45) is 0 Å².